The van der Waals surface area contributed by atoms with Crippen molar-refractivity contribution in [1.82, 2.24) is 4.90 Å². The van der Waals surface area contributed by atoms with Crippen LogP contribution in [0.1, 0.15) is 23.6 Å². The van der Waals surface area contributed by atoms with Gasteiger partial charge in [0.1, 0.15) is 0 Å². The molecule has 0 saturated carbocycles. The van der Waals surface area contributed by atoms with Crippen molar-refractivity contribution < 1.29 is 9.94 Å². The van der Waals surface area contributed by atoms with Gasteiger partial charge in [0.25, 0.3) is 0 Å². The van der Waals surface area contributed by atoms with Crippen LogP contribution >= 0.6 is 0 Å². The minimum Gasteiger partial charge on any atom is -0.411 e. The second kappa shape index (κ2) is 7.90. The van der Waals surface area contributed by atoms with Crippen LogP contribution in [0.2, 0.25) is 0 Å². The van der Waals surface area contributed by atoms with Crippen LogP contribution in [0.25, 0.3) is 0 Å². The molecule has 0 aromatic heterocycles. The summed E-state index contributed by atoms with van der Waals surface area (Å²) in [7, 11) is 0. The van der Waals surface area contributed by atoms with Gasteiger partial charge in [-0.3, -0.25) is 4.90 Å². The Kier molecular flexibility index (Phi) is 5.40. The minimum atomic E-state index is 0.186. The molecule has 4 nitrogen and oxygen atoms in total. The number of benzene rings is 2. The van der Waals surface area contributed by atoms with Crippen molar-refractivity contribution in [2.75, 3.05) is 26.3 Å². The Morgan fingerprint density at radius 3 is 2.22 bits per heavy atom. The van der Waals surface area contributed by atoms with E-state index in [4.69, 9.17) is 4.74 Å². The number of hydrogen-bond donors (Lipinski definition) is 1. The topological polar surface area (TPSA) is 45.1 Å². The summed E-state index contributed by atoms with van der Waals surface area (Å²) < 4.78 is 5.48. The van der Waals surface area contributed by atoms with Crippen LogP contribution in [-0.2, 0) is 4.74 Å². The highest BCUT2D eigenvalue weighted by atomic mass is 16.5. The molecule has 23 heavy (non-hydrogen) atoms. The molecule has 0 unspecified atom stereocenters. The summed E-state index contributed by atoms with van der Waals surface area (Å²) in [5.41, 5.74) is 2.92. The summed E-state index contributed by atoms with van der Waals surface area (Å²) in [6.45, 7) is 3.29. The van der Waals surface area contributed by atoms with Crippen LogP contribution in [0.4, 0.5) is 0 Å². The van der Waals surface area contributed by atoms with Gasteiger partial charge in [0.15, 0.2) is 0 Å². The van der Waals surface area contributed by atoms with Gasteiger partial charge in [-0.15, -0.1) is 0 Å². The standard InChI is InChI=1S/C19H22N2O2/c22-20-18(16-7-3-1-4-8-16)15-19(17-9-5-2-6-10-17)21-11-13-23-14-12-21/h1-10,19,22H,11-15H2/b20-18-/t19-/m0/s1. The minimum absolute atomic E-state index is 0.186. The maximum Gasteiger partial charge on any atom is 0.0886 e. The number of nitrogens with zero attached hydrogens (tertiary/aromatic N) is 2. The van der Waals surface area contributed by atoms with E-state index in [1.807, 2.05) is 36.4 Å². The summed E-state index contributed by atoms with van der Waals surface area (Å²) in [5, 5.41) is 13.1. The molecule has 3 rings (SSSR count). The lowest BCUT2D eigenvalue weighted by atomic mass is 9.95. The monoisotopic (exact) mass is 310 g/mol. The van der Waals surface area contributed by atoms with E-state index in [0.717, 1.165) is 31.9 Å². The fraction of sp³-hybridized carbons (Fsp3) is 0.316. The molecule has 0 aliphatic carbocycles. The molecule has 1 N–H and O–H groups in total. The Morgan fingerprint density at radius 2 is 1.61 bits per heavy atom. The highest BCUT2D eigenvalue weighted by molar-refractivity contribution is 6.00. The van der Waals surface area contributed by atoms with E-state index in [2.05, 4.69) is 34.3 Å². The SMILES string of the molecule is O/N=C(/C[C@@H](c1ccccc1)N1CCOCC1)c1ccccc1. The molecule has 1 atom stereocenters. The smallest absolute Gasteiger partial charge is 0.0886 e. The van der Waals surface area contributed by atoms with Crippen LogP contribution < -0.4 is 0 Å². The zero-order valence-electron chi connectivity index (χ0n) is 13.1. The van der Waals surface area contributed by atoms with Crippen molar-refractivity contribution in [2.24, 2.45) is 5.16 Å². The van der Waals surface area contributed by atoms with E-state index in [1.54, 1.807) is 0 Å². The molecule has 1 aliphatic heterocycles. The van der Waals surface area contributed by atoms with Gasteiger partial charge in [0, 0.05) is 25.6 Å². The lowest BCUT2D eigenvalue weighted by Gasteiger charge is -2.35. The van der Waals surface area contributed by atoms with Crippen molar-refractivity contribution in [3.8, 4) is 0 Å². The summed E-state index contributed by atoms with van der Waals surface area (Å²) >= 11 is 0. The van der Waals surface area contributed by atoms with E-state index in [-0.39, 0.29) is 6.04 Å². The average Bonchev–Trinajstić information content (AvgIpc) is 2.65. The van der Waals surface area contributed by atoms with Gasteiger partial charge in [-0.05, 0) is 11.1 Å². The fourth-order valence-corrected chi connectivity index (χ4v) is 3.05. The number of oxime groups is 1. The van der Waals surface area contributed by atoms with Crippen molar-refractivity contribution in [3.63, 3.8) is 0 Å². The number of morpholine rings is 1. The van der Waals surface area contributed by atoms with Gasteiger partial charge in [-0.1, -0.05) is 65.8 Å². The first-order valence-corrected chi connectivity index (χ1v) is 8.01. The van der Waals surface area contributed by atoms with Crippen molar-refractivity contribution in [3.05, 3.63) is 71.8 Å². The van der Waals surface area contributed by atoms with Crippen LogP contribution in [0.3, 0.4) is 0 Å². The highest BCUT2D eigenvalue weighted by Gasteiger charge is 2.24. The summed E-state index contributed by atoms with van der Waals surface area (Å²) in [4.78, 5) is 2.41. The summed E-state index contributed by atoms with van der Waals surface area (Å²) in [6, 6.07) is 20.5. The molecular formula is C19H22N2O2. The molecule has 1 fully saturated rings. The number of hydrogen-bond acceptors (Lipinski definition) is 4. The summed E-state index contributed by atoms with van der Waals surface area (Å²) in [6.07, 6.45) is 0.671. The van der Waals surface area contributed by atoms with Crippen molar-refractivity contribution in [2.45, 2.75) is 12.5 Å². The van der Waals surface area contributed by atoms with Crippen molar-refractivity contribution in [1.29, 1.82) is 0 Å². The van der Waals surface area contributed by atoms with Crippen LogP contribution in [0.15, 0.2) is 65.8 Å². The maximum atomic E-state index is 9.52. The fourth-order valence-electron chi connectivity index (χ4n) is 3.05. The molecule has 2 aromatic rings. The first kappa shape index (κ1) is 15.7. The van der Waals surface area contributed by atoms with Gasteiger partial charge in [0.05, 0.1) is 18.9 Å². The molecule has 1 aliphatic rings. The first-order chi connectivity index (χ1) is 11.4. The molecule has 1 saturated heterocycles. The third kappa shape index (κ3) is 3.97. The Bertz CT molecular complexity index is 622. The molecule has 0 bridgehead atoms. The molecule has 2 aromatic carbocycles. The molecule has 4 heteroatoms. The van der Waals surface area contributed by atoms with E-state index < -0.39 is 0 Å². The van der Waals surface area contributed by atoms with Crippen LogP contribution in [-0.4, -0.2) is 42.1 Å². The molecular weight excluding hydrogens is 288 g/mol. The molecule has 0 spiro atoms. The molecule has 0 amide bonds. The Balaban J connectivity index is 1.86. The van der Waals surface area contributed by atoms with Crippen LogP contribution in [0.5, 0.6) is 0 Å². The largest absolute Gasteiger partial charge is 0.411 e. The Morgan fingerprint density at radius 1 is 1.00 bits per heavy atom. The zero-order valence-corrected chi connectivity index (χ0v) is 13.1. The maximum absolute atomic E-state index is 9.52. The predicted molar refractivity (Wildman–Crippen MR) is 91.0 cm³/mol. The van der Waals surface area contributed by atoms with E-state index >= 15 is 0 Å². The lowest BCUT2D eigenvalue weighted by molar-refractivity contribution is 0.0174. The van der Waals surface area contributed by atoms with E-state index in [0.29, 0.717) is 12.1 Å². The third-order valence-corrected chi connectivity index (χ3v) is 4.29. The molecule has 120 valence electrons. The average molecular weight is 310 g/mol. The normalized spacial score (nSPS) is 17.8. The summed E-state index contributed by atoms with van der Waals surface area (Å²) in [5.74, 6) is 0. The van der Waals surface area contributed by atoms with Gasteiger partial charge in [-0.2, -0.15) is 0 Å². The van der Waals surface area contributed by atoms with E-state index in [1.165, 1.54) is 5.56 Å². The zero-order chi connectivity index (χ0) is 15.9. The third-order valence-electron chi connectivity index (χ3n) is 4.29. The molecule has 1 heterocycles. The lowest BCUT2D eigenvalue weighted by Crippen LogP contribution is -2.40. The Labute approximate surface area is 137 Å². The van der Waals surface area contributed by atoms with E-state index in [9.17, 15) is 5.21 Å². The van der Waals surface area contributed by atoms with Gasteiger partial charge < -0.3 is 9.94 Å². The van der Waals surface area contributed by atoms with Gasteiger partial charge in [-0.25, -0.2) is 0 Å². The first-order valence-electron chi connectivity index (χ1n) is 8.01. The second-order valence-electron chi connectivity index (χ2n) is 5.69. The van der Waals surface area contributed by atoms with Crippen molar-refractivity contribution >= 4 is 5.71 Å². The van der Waals surface area contributed by atoms with Crippen LogP contribution in [0, 0.1) is 0 Å². The second-order valence-corrected chi connectivity index (χ2v) is 5.69. The number of ether oxygens (including phenoxy) is 1. The highest BCUT2D eigenvalue weighted by Crippen LogP contribution is 2.27. The van der Waals surface area contributed by atoms with Gasteiger partial charge in [0.2, 0.25) is 0 Å². The molecule has 0 radical (unpaired) electrons. The number of rotatable bonds is 5. The Hall–Kier alpha value is -2.17. The van der Waals surface area contributed by atoms with Gasteiger partial charge >= 0.3 is 0 Å². The quantitative estimate of drug-likeness (QED) is 0.523. The predicted octanol–water partition coefficient (Wildman–Crippen LogP) is 3.33.